The topological polar surface area (TPSA) is 21.7 Å². The first-order valence-electron chi connectivity index (χ1n) is 14.0. The monoisotopic (exact) mass is 518 g/mol. The highest BCUT2D eigenvalue weighted by Crippen LogP contribution is 2.29. The molecule has 194 valence electrons. The first kappa shape index (κ1) is 24.4. The highest BCUT2D eigenvalue weighted by atomic mass is 35.5. The minimum absolute atomic E-state index is 0. The van der Waals surface area contributed by atoms with E-state index in [2.05, 4.69) is 38.1 Å². The van der Waals surface area contributed by atoms with Crippen molar-refractivity contribution in [2.45, 2.75) is 26.1 Å². The molecule has 4 rings (SSSR count). The molecule has 0 aliphatic carbocycles. The van der Waals surface area contributed by atoms with E-state index in [1.165, 1.54) is 4.90 Å². The molecule has 0 saturated heterocycles. The Kier molecular flexibility index (Phi) is 9.69. The minimum atomic E-state index is -2.26. The molecule has 0 aliphatic heterocycles. The molecule has 0 amide bonds. The fourth-order valence-corrected chi connectivity index (χ4v) is 4.42. The third-order valence-corrected chi connectivity index (χ3v) is 6.44. The molecule has 4 aromatic rings. The smallest absolute Gasteiger partial charge is 0.108 e. The molecule has 0 radical (unpaired) electrons. The lowest BCUT2D eigenvalue weighted by Crippen LogP contribution is -2.28. The van der Waals surface area contributed by atoms with Crippen LogP contribution in [0.1, 0.15) is 49.7 Å². The molecule has 0 fully saturated rings. The zero-order chi connectivity index (χ0) is 27.7. The van der Waals surface area contributed by atoms with Gasteiger partial charge >= 0.3 is 0 Å². The largest absolute Gasteiger partial charge is 0.367 e. The van der Waals surface area contributed by atoms with Crippen molar-refractivity contribution in [1.29, 1.82) is 0 Å². The predicted molar refractivity (Wildman–Crippen MR) is 156 cm³/mol. The summed E-state index contributed by atoms with van der Waals surface area (Å²) in [6, 6.07) is 36.4. The maximum Gasteiger partial charge on any atom is 0.108 e. The van der Waals surface area contributed by atoms with E-state index in [9.17, 15) is 0 Å². The van der Waals surface area contributed by atoms with Gasteiger partial charge in [0.25, 0.3) is 0 Å². The summed E-state index contributed by atoms with van der Waals surface area (Å²) < 4.78 is 37.1. The molecular formula is C33H38ClNO2. The molecule has 4 aromatic carbocycles. The van der Waals surface area contributed by atoms with Crippen LogP contribution in [-0.2, 0) is 9.47 Å². The predicted octanol–water partition coefficient (Wildman–Crippen LogP) is 7.57. The van der Waals surface area contributed by atoms with Crippen molar-refractivity contribution in [2.24, 2.45) is 0 Å². The summed E-state index contributed by atoms with van der Waals surface area (Å²) in [4.78, 5) is 1.47. The fourth-order valence-electron chi connectivity index (χ4n) is 4.42. The third-order valence-electron chi connectivity index (χ3n) is 6.44. The van der Waals surface area contributed by atoms with Gasteiger partial charge in [-0.25, -0.2) is 0 Å². The fraction of sp³-hybridized carbons (Fsp3) is 0.273. The molecule has 2 unspecified atom stereocenters. The Morgan fingerprint density at radius 1 is 0.595 bits per heavy atom. The van der Waals surface area contributed by atoms with Crippen LogP contribution in [0.2, 0.25) is 0 Å². The minimum Gasteiger partial charge on any atom is -0.367 e. The van der Waals surface area contributed by atoms with Gasteiger partial charge in [-0.3, -0.25) is 0 Å². The van der Waals surface area contributed by atoms with E-state index in [-0.39, 0.29) is 50.9 Å². The molecule has 4 heteroatoms. The first-order valence-corrected chi connectivity index (χ1v) is 12.5. The lowest BCUT2D eigenvalue weighted by Gasteiger charge is -2.24. The number of aryl methyl sites for hydroxylation is 2. The molecule has 2 atom stereocenters. The van der Waals surface area contributed by atoms with Crippen molar-refractivity contribution >= 4 is 12.4 Å². The molecule has 37 heavy (non-hydrogen) atoms. The van der Waals surface area contributed by atoms with Crippen LogP contribution in [0, 0.1) is 13.8 Å². The van der Waals surface area contributed by atoms with Gasteiger partial charge in [0.1, 0.15) is 12.2 Å². The second kappa shape index (κ2) is 14.7. The van der Waals surface area contributed by atoms with Gasteiger partial charge in [-0.2, -0.15) is 0 Å². The van der Waals surface area contributed by atoms with E-state index in [1.807, 2.05) is 84.9 Å². The van der Waals surface area contributed by atoms with Gasteiger partial charge in [-0.05, 0) is 54.2 Å². The Hall–Kier alpha value is -2.95. The van der Waals surface area contributed by atoms with Crippen LogP contribution in [0.25, 0.3) is 0 Å². The maximum absolute atomic E-state index is 8.13. The number of hydrogen-bond acceptors (Lipinski definition) is 3. The number of hydrogen-bond donors (Lipinski definition) is 0. The van der Waals surface area contributed by atoms with E-state index in [1.54, 1.807) is 0 Å². The number of rotatable bonds is 12. The van der Waals surface area contributed by atoms with Gasteiger partial charge in [-0.1, -0.05) is 109 Å². The van der Waals surface area contributed by atoms with Gasteiger partial charge in [0.2, 0.25) is 0 Å². The quantitative estimate of drug-likeness (QED) is 0.193. The molecule has 0 N–H and O–H groups in total. The third kappa shape index (κ3) is 8.02. The van der Waals surface area contributed by atoms with Crippen molar-refractivity contribution in [2.75, 3.05) is 33.3 Å². The maximum atomic E-state index is 8.13. The molecule has 0 heterocycles. The molecule has 0 spiro atoms. The average Bonchev–Trinajstić information content (AvgIpc) is 2.94. The zero-order valence-electron chi connectivity index (χ0n) is 24.5. The highest BCUT2D eigenvalue weighted by molar-refractivity contribution is 5.85. The Labute approximate surface area is 232 Å². The van der Waals surface area contributed by atoms with Crippen molar-refractivity contribution in [3.63, 3.8) is 0 Å². The molecule has 0 bridgehead atoms. The number of halogens is 1. The second-order valence-corrected chi connectivity index (χ2v) is 9.02. The Morgan fingerprint density at radius 2 is 0.973 bits per heavy atom. The van der Waals surface area contributed by atoms with Gasteiger partial charge in [-0.15, -0.1) is 12.4 Å². The Bertz CT molecular complexity index is 1210. The van der Waals surface area contributed by atoms with Crippen LogP contribution in [0.4, 0.5) is 0 Å². The lowest BCUT2D eigenvalue weighted by atomic mass is 9.97. The van der Waals surface area contributed by atoms with Gasteiger partial charge in [0.05, 0.1) is 13.2 Å². The Morgan fingerprint density at radius 3 is 1.35 bits per heavy atom. The van der Waals surface area contributed by atoms with Crippen LogP contribution < -0.4 is 0 Å². The van der Waals surface area contributed by atoms with E-state index in [0.29, 0.717) is 0 Å². The number of ether oxygens (including phenoxy) is 2. The lowest BCUT2D eigenvalue weighted by molar-refractivity contribution is 0.0416. The Balaban J connectivity index is 0.00000441. The van der Waals surface area contributed by atoms with Gasteiger partial charge < -0.3 is 14.4 Å². The molecule has 3 nitrogen and oxygen atoms in total. The summed E-state index contributed by atoms with van der Waals surface area (Å²) in [5.41, 5.74) is 6.51. The molecule has 0 aromatic heterocycles. The molecular weight excluding hydrogens is 478 g/mol. The summed E-state index contributed by atoms with van der Waals surface area (Å²) in [7, 11) is 0. The van der Waals surface area contributed by atoms with Crippen LogP contribution in [0.5, 0.6) is 0 Å². The normalized spacial score (nSPS) is 14.2. The summed E-state index contributed by atoms with van der Waals surface area (Å²) in [6.45, 7) is 2.93. The van der Waals surface area contributed by atoms with Crippen molar-refractivity contribution in [3.05, 3.63) is 143 Å². The van der Waals surface area contributed by atoms with E-state index in [0.717, 1.165) is 33.4 Å². The van der Waals surface area contributed by atoms with Crippen LogP contribution in [0.3, 0.4) is 0 Å². The summed E-state index contributed by atoms with van der Waals surface area (Å²) in [5, 5.41) is 0. The summed E-state index contributed by atoms with van der Waals surface area (Å²) >= 11 is 0. The zero-order valence-corrected chi connectivity index (χ0v) is 22.4. The average molecular weight is 519 g/mol. The second-order valence-electron chi connectivity index (χ2n) is 9.02. The van der Waals surface area contributed by atoms with E-state index in [4.69, 9.17) is 13.6 Å². The number of likely N-dealkylation sites (N-methyl/N-ethyl adjacent to an activating group) is 1. The number of benzene rings is 4. The van der Waals surface area contributed by atoms with Crippen LogP contribution >= 0.6 is 12.4 Å². The van der Waals surface area contributed by atoms with Gasteiger partial charge in [0.15, 0.2) is 0 Å². The van der Waals surface area contributed by atoms with Crippen LogP contribution in [-0.4, -0.2) is 38.2 Å². The van der Waals surface area contributed by atoms with Crippen molar-refractivity contribution in [3.8, 4) is 0 Å². The molecule has 0 aliphatic rings. The SMILES string of the molecule is Cl.[2H]C([2H])([2H])N(CCOC(c1ccccc1)c1ccccc1C)CCOC(c1ccccc1)c1ccccc1C. The standard InChI is InChI=1S/C33H37NO2.ClH/c1-26-14-10-12-20-30(26)32(28-16-6-4-7-17-28)35-24-22-34(3)23-25-36-33(29-18-8-5-9-19-29)31-21-13-11-15-27(31)2;/h4-21,32-33H,22-25H2,1-3H3;1H/i3D3;. The van der Waals surface area contributed by atoms with E-state index >= 15 is 0 Å². The van der Waals surface area contributed by atoms with Gasteiger partial charge in [0, 0.05) is 17.2 Å². The number of nitrogens with zero attached hydrogens (tertiary/aromatic N) is 1. The molecule has 0 saturated carbocycles. The van der Waals surface area contributed by atoms with Crippen molar-refractivity contribution in [1.82, 2.24) is 4.90 Å². The highest BCUT2D eigenvalue weighted by Gasteiger charge is 2.18. The summed E-state index contributed by atoms with van der Waals surface area (Å²) in [6.07, 6.45) is -0.545. The van der Waals surface area contributed by atoms with Crippen LogP contribution in [0.15, 0.2) is 109 Å². The van der Waals surface area contributed by atoms with Crippen molar-refractivity contribution < 1.29 is 13.6 Å². The first-order chi connectivity index (χ1) is 18.8. The summed E-state index contributed by atoms with van der Waals surface area (Å²) in [5.74, 6) is 0. The van der Waals surface area contributed by atoms with E-state index < -0.39 is 6.98 Å².